The van der Waals surface area contributed by atoms with Gasteiger partial charge in [-0.3, -0.25) is 9.59 Å². The van der Waals surface area contributed by atoms with Gasteiger partial charge in [-0.05, 0) is 19.1 Å². The molecule has 0 saturated carbocycles. The molecule has 0 fully saturated rings. The number of anilines is 1. The van der Waals surface area contributed by atoms with Crippen molar-refractivity contribution in [3.05, 3.63) is 30.3 Å². The van der Waals surface area contributed by atoms with E-state index in [-0.39, 0.29) is 47.7 Å². The van der Waals surface area contributed by atoms with E-state index in [0.717, 1.165) is 0 Å². The molecule has 0 unspecified atom stereocenters. The molecule has 0 atom stereocenters. The Bertz CT molecular complexity index is 311. The van der Waals surface area contributed by atoms with Crippen LogP contribution >= 0.6 is 0 Å². The normalized spacial score (nSPS) is 8.64. The molecule has 14 heavy (non-hydrogen) atoms. The van der Waals surface area contributed by atoms with E-state index in [9.17, 15) is 9.59 Å². The van der Waals surface area contributed by atoms with Gasteiger partial charge in [0.25, 0.3) is 0 Å². The molecule has 0 radical (unpaired) electrons. The summed E-state index contributed by atoms with van der Waals surface area (Å²) in [6, 6.07) is 9.06. The predicted octanol–water partition coefficient (Wildman–Crippen LogP) is 0.956. The maximum atomic E-state index is 11.1. The molecule has 1 aromatic rings. The minimum absolute atomic E-state index is 0. The SMILES string of the molecule is CC(=O)CC(=O)Nc1ccccc1.[NaH]. The Morgan fingerprint density at radius 3 is 2.29 bits per heavy atom. The number of amides is 1. The summed E-state index contributed by atoms with van der Waals surface area (Å²) in [5.41, 5.74) is 0.716. The fourth-order valence-corrected chi connectivity index (χ4v) is 0.953. The Morgan fingerprint density at radius 1 is 1.21 bits per heavy atom. The van der Waals surface area contributed by atoms with E-state index in [1.165, 1.54) is 6.92 Å². The first-order valence-electron chi connectivity index (χ1n) is 4.03. The molecule has 70 valence electrons. The van der Waals surface area contributed by atoms with Crippen LogP contribution in [0.3, 0.4) is 0 Å². The standard InChI is InChI=1S/C10H11NO2.Na.H/c1-8(12)7-10(13)11-9-5-3-2-4-6-9;;/h2-6H,7H2,1H3,(H,11,13);;. The fourth-order valence-electron chi connectivity index (χ4n) is 0.953. The van der Waals surface area contributed by atoms with Gasteiger partial charge in [0.05, 0.1) is 6.42 Å². The summed E-state index contributed by atoms with van der Waals surface area (Å²) < 4.78 is 0. The zero-order valence-corrected chi connectivity index (χ0v) is 7.41. The Balaban J connectivity index is 0.00000169. The fraction of sp³-hybridized carbons (Fsp3) is 0.200. The van der Waals surface area contributed by atoms with Crippen molar-refractivity contribution in [2.75, 3.05) is 5.32 Å². The summed E-state index contributed by atoms with van der Waals surface area (Å²) >= 11 is 0. The number of hydrogen-bond donors (Lipinski definition) is 1. The second-order valence-corrected chi connectivity index (χ2v) is 2.79. The predicted molar refractivity (Wildman–Crippen MR) is 57.5 cm³/mol. The topological polar surface area (TPSA) is 46.2 Å². The van der Waals surface area contributed by atoms with E-state index in [4.69, 9.17) is 0 Å². The first-order valence-corrected chi connectivity index (χ1v) is 4.03. The molecule has 1 amide bonds. The average molecular weight is 201 g/mol. The van der Waals surface area contributed by atoms with Crippen molar-refractivity contribution in [1.29, 1.82) is 0 Å². The summed E-state index contributed by atoms with van der Waals surface area (Å²) in [6.45, 7) is 1.39. The number of carbonyl (C=O) groups excluding carboxylic acids is 2. The zero-order chi connectivity index (χ0) is 9.68. The van der Waals surface area contributed by atoms with Crippen molar-refractivity contribution >= 4 is 46.9 Å². The van der Waals surface area contributed by atoms with Gasteiger partial charge in [-0.2, -0.15) is 0 Å². The van der Waals surface area contributed by atoms with E-state index in [1.54, 1.807) is 12.1 Å². The third kappa shape index (κ3) is 5.17. The summed E-state index contributed by atoms with van der Waals surface area (Å²) in [5.74, 6) is -0.396. The van der Waals surface area contributed by atoms with Crippen LogP contribution in [0.4, 0.5) is 5.69 Å². The molecule has 3 nitrogen and oxygen atoms in total. The van der Waals surface area contributed by atoms with Gasteiger partial charge in [0.1, 0.15) is 5.78 Å². The van der Waals surface area contributed by atoms with Crippen LogP contribution in [-0.2, 0) is 9.59 Å². The molecule has 1 aromatic carbocycles. The van der Waals surface area contributed by atoms with Crippen LogP contribution in [0.5, 0.6) is 0 Å². The Hall–Kier alpha value is -0.640. The average Bonchev–Trinajstić information content (AvgIpc) is 2.04. The van der Waals surface area contributed by atoms with Crippen LogP contribution in [0.15, 0.2) is 30.3 Å². The maximum absolute atomic E-state index is 11.1. The van der Waals surface area contributed by atoms with E-state index in [1.807, 2.05) is 18.2 Å². The summed E-state index contributed by atoms with van der Waals surface area (Å²) in [7, 11) is 0. The van der Waals surface area contributed by atoms with Crippen LogP contribution in [0.25, 0.3) is 0 Å². The molecule has 1 rings (SSSR count). The van der Waals surface area contributed by atoms with E-state index in [2.05, 4.69) is 5.32 Å². The number of Topliss-reactive ketones (excluding diaryl/α,β-unsaturated/α-hetero) is 1. The van der Waals surface area contributed by atoms with Gasteiger partial charge in [0, 0.05) is 5.69 Å². The second kappa shape index (κ2) is 6.76. The van der Waals surface area contributed by atoms with Gasteiger partial charge in [-0.25, -0.2) is 0 Å². The molecule has 0 aliphatic rings. The third-order valence-corrected chi connectivity index (χ3v) is 1.47. The third-order valence-electron chi connectivity index (χ3n) is 1.47. The Morgan fingerprint density at radius 2 is 1.79 bits per heavy atom. The molecule has 0 saturated heterocycles. The van der Waals surface area contributed by atoms with Crippen LogP contribution in [0.1, 0.15) is 13.3 Å². The summed E-state index contributed by atoms with van der Waals surface area (Å²) in [6.07, 6.45) is -0.0606. The van der Waals surface area contributed by atoms with Crippen LogP contribution < -0.4 is 5.32 Å². The van der Waals surface area contributed by atoms with Gasteiger partial charge in [-0.1, -0.05) is 18.2 Å². The minimum atomic E-state index is -0.265. The van der Waals surface area contributed by atoms with Gasteiger partial charge in [0.2, 0.25) is 5.91 Å². The van der Waals surface area contributed by atoms with Crippen molar-refractivity contribution < 1.29 is 9.59 Å². The van der Waals surface area contributed by atoms with Crippen molar-refractivity contribution in [1.82, 2.24) is 0 Å². The molecule has 1 N–H and O–H groups in total. The molecule has 0 bridgehead atoms. The summed E-state index contributed by atoms with van der Waals surface area (Å²) in [5, 5.41) is 2.61. The molecular weight excluding hydrogens is 189 g/mol. The number of nitrogens with one attached hydrogen (secondary N) is 1. The van der Waals surface area contributed by atoms with Crippen molar-refractivity contribution in [2.24, 2.45) is 0 Å². The zero-order valence-electron chi connectivity index (χ0n) is 7.41. The van der Waals surface area contributed by atoms with Crippen LogP contribution in [0, 0.1) is 0 Å². The first kappa shape index (κ1) is 13.4. The molecule has 0 aromatic heterocycles. The number of carbonyl (C=O) groups is 2. The number of ketones is 1. The summed E-state index contributed by atoms with van der Waals surface area (Å²) in [4.78, 5) is 21.7. The number of para-hydroxylation sites is 1. The Labute approximate surface area is 105 Å². The first-order chi connectivity index (χ1) is 6.18. The molecular formula is C10H12NNaO2. The van der Waals surface area contributed by atoms with Gasteiger partial charge in [0.15, 0.2) is 0 Å². The molecule has 0 aliphatic heterocycles. The van der Waals surface area contributed by atoms with Gasteiger partial charge < -0.3 is 5.32 Å². The van der Waals surface area contributed by atoms with E-state index < -0.39 is 0 Å². The van der Waals surface area contributed by atoms with E-state index in [0.29, 0.717) is 5.69 Å². The van der Waals surface area contributed by atoms with Gasteiger partial charge in [-0.15, -0.1) is 0 Å². The number of benzene rings is 1. The molecule has 4 heteroatoms. The van der Waals surface area contributed by atoms with Crippen molar-refractivity contribution in [3.63, 3.8) is 0 Å². The Kier molecular flexibility index (Phi) is 6.45. The van der Waals surface area contributed by atoms with E-state index >= 15 is 0 Å². The molecule has 0 aliphatic carbocycles. The monoisotopic (exact) mass is 201 g/mol. The molecule has 0 heterocycles. The number of hydrogen-bond acceptors (Lipinski definition) is 2. The van der Waals surface area contributed by atoms with Crippen molar-refractivity contribution in [3.8, 4) is 0 Å². The number of rotatable bonds is 3. The van der Waals surface area contributed by atoms with Crippen LogP contribution in [0.2, 0.25) is 0 Å². The quantitative estimate of drug-likeness (QED) is 0.584. The van der Waals surface area contributed by atoms with Crippen molar-refractivity contribution in [2.45, 2.75) is 13.3 Å². The molecule has 0 spiro atoms. The van der Waals surface area contributed by atoms with Gasteiger partial charge >= 0.3 is 29.6 Å². The second-order valence-electron chi connectivity index (χ2n) is 2.79. The van der Waals surface area contributed by atoms with Crippen LogP contribution in [-0.4, -0.2) is 41.2 Å².